The fraction of sp³-hybridized carbons (Fsp3) is 0.208. The second-order valence-corrected chi connectivity index (χ2v) is 9.21. The third kappa shape index (κ3) is 7.18. The number of nitrogens with zero attached hydrogens (tertiary/aromatic N) is 4. The molecule has 1 atom stereocenters. The van der Waals surface area contributed by atoms with Crippen LogP contribution in [-0.2, 0) is 36.3 Å². The Labute approximate surface area is 206 Å². The Morgan fingerprint density at radius 2 is 1.92 bits per heavy atom. The van der Waals surface area contributed by atoms with Crippen LogP contribution in [0.15, 0.2) is 65.5 Å². The molecule has 0 saturated heterocycles. The van der Waals surface area contributed by atoms with Crippen molar-refractivity contribution in [2.75, 3.05) is 5.75 Å². The van der Waals surface area contributed by atoms with Crippen molar-refractivity contribution < 1.29 is 31.3 Å². The van der Waals surface area contributed by atoms with Gasteiger partial charge in [-0.3, -0.25) is 0 Å². The van der Waals surface area contributed by atoms with Crippen molar-refractivity contribution in [1.29, 1.82) is 0 Å². The van der Waals surface area contributed by atoms with E-state index in [4.69, 9.17) is 9.15 Å². The first-order valence-electron chi connectivity index (χ1n) is 10.7. The predicted molar refractivity (Wildman–Crippen MR) is 124 cm³/mol. The van der Waals surface area contributed by atoms with Crippen molar-refractivity contribution in [3.63, 3.8) is 0 Å². The van der Waals surface area contributed by atoms with Crippen LogP contribution in [0.3, 0.4) is 0 Å². The zero-order valence-electron chi connectivity index (χ0n) is 18.7. The molecule has 0 spiro atoms. The number of aryl methyl sites for hydroxylation is 1. The molecule has 2 aromatic carbocycles. The first-order valence-corrected chi connectivity index (χ1v) is 12.1. The molecule has 1 unspecified atom stereocenters. The monoisotopic (exact) mass is 520 g/mol. The number of hydrogen-bond acceptors (Lipinski definition) is 6. The lowest BCUT2D eigenvalue weighted by molar-refractivity contribution is -0.137. The van der Waals surface area contributed by atoms with Crippen LogP contribution in [-0.4, -0.2) is 30.3 Å². The number of rotatable bonds is 10. The highest BCUT2D eigenvalue weighted by Gasteiger charge is 2.31. The van der Waals surface area contributed by atoms with E-state index in [-0.39, 0.29) is 18.1 Å². The van der Waals surface area contributed by atoms with Crippen LogP contribution in [0.2, 0.25) is 0 Å². The molecule has 0 saturated carbocycles. The molecule has 4 aromatic rings. The van der Waals surface area contributed by atoms with E-state index >= 15 is 0 Å². The maximum atomic E-state index is 13.9. The van der Waals surface area contributed by atoms with Gasteiger partial charge in [0.1, 0.15) is 41.6 Å². The van der Waals surface area contributed by atoms with Crippen molar-refractivity contribution in [2.24, 2.45) is 0 Å². The molecule has 0 radical (unpaired) electrons. The van der Waals surface area contributed by atoms with Gasteiger partial charge in [-0.25, -0.2) is 14.1 Å². The highest BCUT2D eigenvalue weighted by atomic mass is 32.2. The average molecular weight is 521 g/mol. The summed E-state index contributed by atoms with van der Waals surface area (Å²) in [5.41, 5.74) is 0.292. The van der Waals surface area contributed by atoms with E-state index < -0.39 is 28.7 Å². The molecule has 0 fully saturated rings. The molecule has 2 heterocycles. The smallest absolute Gasteiger partial charge is 0.416 e. The van der Waals surface area contributed by atoms with E-state index in [0.29, 0.717) is 35.6 Å². The van der Waals surface area contributed by atoms with Gasteiger partial charge in [-0.15, -0.1) is 5.10 Å². The minimum absolute atomic E-state index is 0.0292. The molecular formula is C24H20F4N4O3S. The molecule has 0 aliphatic heterocycles. The molecule has 7 nitrogen and oxygen atoms in total. The molecule has 188 valence electrons. The summed E-state index contributed by atoms with van der Waals surface area (Å²) in [7, 11) is 0. The Kier molecular flexibility index (Phi) is 8.06. The van der Waals surface area contributed by atoms with Gasteiger partial charge < -0.3 is 13.7 Å². The fourth-order valence-electron chi connectivity index (χ4n) is 3.11. The molecule has 2 aromatic heterocycles. The zero-order chi connectivity index (χ0) is 25.5. The van der Waals surface area contributed by atoms with Crippen LogP contribution in [0, 0.1) is 5.82 Å². The van der Waals surface area contributed by atoms with Gasteiger partial charge in [0.05, 0.1) is 18.3 Å². The molecular weight excluding hydrogens is 500 g/mol. The Balaban J connectivity index is 1.26. The van der Waals surface area contributed by atoms with Crippen LogP contribution < -0.4 is 4.74 Å². The van der Waals surface area contributed by atoms with Crippen molar-refractivity contribution >= 4 is 23.3 Å². The second kappa shape index (κ2) is 11.4. The summed E-state index contributed by atoms with van der Waals surface area (Å²) >= 11 is -1.05. The molecule has 0 aliphatic carbocycles. The number of benzene rings is 2. The van der Waals surface area contributed by atoms with Gasteiger partial charge in [-0.05, 0) is 41.5 Å². The highest BCUT2D eigenvalue weighted by molar-refractivity contribution is 7.90. The third-order valence-electron chi connectivity index (χ3n) is 4.96. The van der Waals surface area contributed by atoms with Crippen LogP contribution >= 0.6 is 0 Å². The summed E-state index contributed by atoms with van der Waals surface area (Å²) in [6.07, 6.45) is 2.68. The van der Waals surface area contributed by atoms with Gasteiger partial charge in [0.15, 0.2) is 0 Å². The fourth-order valence-corrected chi connectivity index (χ4v) is 4.21. The minimum Gasteiger partial charge on any atom is -0.616 e. The second-order valence-electron chi connectivity index (χ2n) is 7.63. The van der Waals surface area contributed by atoms with Gasteiger partial charge in [0.2, 0.25) is 5.89 Å². The van der Waals surface area contributed by atoms with Gasteiger partial charge in [-0.1, -0.05) is 23.4 Å². The van der Waals surface area contributed by atoms with Gasteiger partial charge >= 0.3 is 6.18 Å². The standard InChI is InChI=1S/C24H20F4N4O3S/c25-22-13-19(24(26,27)28)5-3-18(22)4-8-23-30-20(15-35-23)14-34-21-6-1-17(2-7-21)16-36(33)12-11-32-10-9-29-31-32/h1-10,13,15H,11-12,14,16H2. The Morgan fingerprint density at radius 1 is 1.11 bits per heavy atom. The summed E-state index contributed by atoms with van der Waals surface area (Å²) in [6.45, 7) is 0.636. The van der Waals surface area contributed by atoms with Crippen molar-refractivity contribution in [3.05, 3.63) is 95.2 Å². The largest absolute Gasteiger partial charge is 0.616 e. The van der Waals surface area contributed by atoms with Gasteiger partial charge in [-0.2, -0.15) is 13.2 Å². The maximum absolute atomic E-state index is 13.9. The number of oxazole rings is 1. The third-order valence-corrected chi connectivity index (χ3v) is 6.25. The van der Waals surface area contributed by atoms with E-state index in [1.54, 1.807) is 29.2 Å². The lowest BCUT2D eigenvalue weighted by Crippen LogP contribution is -2.15. The van der Waals surface area contributed by atoms with Gasteiger partial charge in [0, 0.05) is 23.4 Å². The summed E-state index contributed by atoms with van der Waals surface area (Å²) in [5.74, 6) is 0.609. The molecule has 4 rings (SSSR count). The predicted octanol–water partition coefficient (Wildman–Crippen LogP) is 5.12. The van der Waals surface area contributed by atoms with Crippen molar-refractivity contribution in [3.8, 4) is 5.75 Å². The van der Waals surface area contributed by atoms with Crippen LogP contribution in [0.1, 0.15) is 28.3 Å². The zero-order valence-corrected chi connectivity index (χ0v) is 19.5. The first kappa shape index (κ1) is 25.5. The van der Waals surface area contributed by atoms with Gasteiger partial charge in [0.25, 0.3) is 0 Å². The lowest BCUT2D eigenvalue weighted by atomic mass is 10.1. The molecule has 12 heteroatoms. The van der Waals surface area contributed by atoms with E-state index in [9.17, 15) is 22.1 Å². The molecule has 0 amide bonds. The lowest BCUT2D eigenvalue weighted by Gasteiger charge is -2.11. The normalized spacial score (nSPS) is 12.8. The molecule has 0 N–H and O–H groups in total. The number of aromatic nitrogens is 4. The quantitative estimate of drug-likeness (QED) is 0.213. The van der Waals surface area contributed by atoms with Crippen LogP contribution in [0.5, 0.6) is 5.75 Å². The molecule has 36 heavy (non-hydrogen) atoms. The average Bonchev–Trinajstić information content (AvgIpc) is 3.53. The van der Waals surface area contributed by atoms with Crippen LogP contribution in [0.4, 0.5) is 17.6 Å². The van der Waals surface area contributed by atoms with E-state index in [1.165, 1.54) is 18.4 Å². The minimum atomic E-state index is -4.61. The summed E-state index contributed by atoms with van der Waals surface area (Å²) in [4.78, 5) is 4.19. The number of ether oxygens (including phenoxy) is 1. The number of hydrogen-bond donors (Lipinski definition) is 0. The number of halogens is 4. The Morgan fingerprint density at radius 3 is 2.61 bits per heavy atom. The van der Waals surface area contributed by atoms with Crippen molar-refractivity contribution in [1.82, 2.24) is 20.0 Å². The maximum Gasteiger partial charge on any atom is 0.416 e. The summed E-state index contributed by atoms with van der Waals surface area (Å²) < 4.78 is 76.7. The topological polar surface area (TPSA) is 89.0 Å². The first-order chi connectivity index (χ1) is 17.3. The van der Waals surface area contributed by atoms with E-state index in [0.717, 1.165) is 17.7 Å². The Hall–Kier alpha value is -3.64. The summed E-state index contributed by atoms with van der Waals surface area (Å²) in [6, 6.07) is 9.47. The molecule has 0 bridgehead atoms. The van der Waals surface area contributed by atoms with E-state index in [2.05, 4.69) is 15.3 Å². The summed E-state index contributed by atoms with van der Waals surface area (Å²) in [5, 5.41) is 7.55. The molecule has 0 aliphatic rings. The Bertz CT molecular complexity index is 1290. The number of alkyl halides is 3. The van der Waals surface area contributed by atoms with Crippen molar-refractivity contribution in [2.45, 2.75) is 25.1 Å². The van der Waals surface area contributed by atoms with Crippen LogP contribution in [0.25, 0.3) is 12.2 Å². The SMILES string of the molecule is [O-][S+](CCn1ccnn1)Cc1ccc(OCc2coc(C=Cc3ccc(C(F)(F)F)cc3F)n2)cc1. The highest BCUT2D eigenvalue weighted by Crippen LogP contribution is 2.30. The van der Waals surface area contributed by atoms with E-state index in [1.807, 2.05) is 12.1 Å².